The quantitative estimate of drug-likeness (QED) is 0.474. The molecule has 14 heteroatoms. The molecule has 4 rings (SSSR count). The highest BCUT2D eigenvalue weighted by Crippen LogP contribution is 2.37. The number of hydrogen-bond acceptors (Lipinski definition) is 8. The fourth-order valence-electron chi connectivity index (χ4n) is 4.60. The molecule has 1 fully saturated rings. The van der Waals surface area contributed by atoms with Crippen LogP contribution in [0.1, 0.15) is 57.8 Å². The number of benzene rings is 1. The van der Waals surface area contributed by atoms with E-state index in [1.807, 2.05) is 5.32 Å². The standard InChI is InChI=1S/C25H31N5O7S2/c1-3-37-25(34)29-11-10-18-19(14-29)38-23(20(18)22(32)28-24(26)33)27-21(31)16-4-6-17(7-5-16)39(35,36)30-12-8-15(2)9-13-30/h4-7,15H,3,8-14H2,1-2H3,(H,27,31)(H3,26,28,32,33). The van der Waals surface area contributed by atoms with Crippen molar-refractivity contribution in [1.82, 2.24) is 14.5 Å². The Morgan fingerprint density at radius 3 is 2.36 bits per heavy atom. The van der Waals surface area contributed by atoms with Crippen LogP contribution in [0.5, 0.6) is 0 Å². The molecule has 2 aromatic rings. The highest BCUT2D eigenvalue weighted by molar-refractivity contribution is 7.89. The average molecular weight is 578 g/mol. The van der Waals surface area contributed by atoms with E-state index >= 15 is 0 Å². The lowest BCUT2D eigenvalue weighted by atomic mass is 10.0. The van der Waals surface area contributed by atoms with Crippen LogP contribution >= 0.6 is 11.3 Å². The number of carbonyl (C=O) groups is 4. The van der Waals surface area contributed by atoms with E-state index in [1.165, 1.54) is 33.5 Å². The summed E-state index contributed by atoms with van der Waals surface area (Å²) >= 11 is 1.11. The molecular formula is C25H31N5O7S2. The zero-order chi connectivity index (χ0) is 28.3. The van der Waals surface area contributed by atoms with Gasteiger partial charge in [-0.1, -0.05) is 6.92 Å². The Labute approximate surface area is 230 Å². The molecule has 1 saturated heterocycles. The summed E-state index contributed by atoms with van der Waals surface area (Å²) in [6.07, 6.45) is 1.42. The van der Waals surface area contributed by atoms with E-state index < -0.39 is 34.0 Å². The molecule has 2 aliphatic heterocycles. The minimum Gasteiger partial charge on any atom is -0.450 e. The predicted molar refractivity (Wildman–Crippen MR) is 144 cm³/mol. The number of hydrogen-bond donors (Lipinski definition) is 3. The van der Waals surface area contributed by atoms with Crippen LogP contribution in [0.3, 0.4) is 0 Å². The van der Waals surface area contributed by atoms with Crippen LogP contribution in [-0.2, 0) is 27.7 Å². The SMILES string of the molecule is CCOC(=O)N1CCc2c(sc(NC(=O)c3ccc(S(=O)(=O)N4CCC(C)CC4)cc3)c2C(=O)NC(N)=O)C1. The maximum absolute atomic E-state index is 13.1. The van der Waals surface area contributed by atoms with E-state index in [1.54, 1.807) is 6.92 Å². The molecule has 0 saturated carbocycles. The third-order valence-electron chi connectivity index (χ3n) is 6.77. The molecule has 0 unspecified atom stereocenters. The Kier molecular flexibility index (Phi) is 8.57. The molecule has 4 N–H and O–H groups in total. The molecule has 0 radical (unpaired) electrons. The minimum atomic E-state index is -3.67. The predicted octanol–water partition coefficient (Wildman–Crippen LogP) is 2.74. The molecule has 12 nitrogen and oxygen atoms in total. The van der Waals surface area contributed by atoms with Crippen molar-refractivity contribution in [2.45, 2.75) is 44.6 Å². The highest BCUT2D eigenvalue weighted by Gasteiger charge is 2.32. The first kappa shape index (κ1) is 28.5. The molecule has 5 amide bonds. The van der Waals surface area contributed by atoms with Crippen molar-refractivity contribution in [2.24, 2.45) is 11.7 Å². The fourth-order valence-corrected chi connectivity index (χ4v) is 7.33. The van der Waals surface area contributed by atoms with Crippen molar-refractivity contribution < 1.29 is 32.3 Å². The lowest BCUT2D eigenvalue weighted by Crippen LogP contribution is -2.38. The third kappa shape index (κ3) is 6.23. The number of amides is 5. The van der Waals surface area contributed by atoms with Gasteiger partial charge in [-0.3, -0.25) is 14.9 Å². The van der Waals surface area contributed by atoms with Crippen molar-refractivity contribution in [3.63, 3.8) is 0 Å². The second kappa shape index (κ2) is 11.7. The minimum absolute atomic E-state index is 0.0979. The summed E-state index contributed by atoms with van der Waals surface area (Å²) in [6.45, 7) is 5.40. The first-order chi connectivity index (χ1) is 18.5. The number of urea groups is 1. The van der Waals surface area contributed by atoms with E-state index in [0.717, 1.165) is 24.2 Å². The second-order valence-electron chi connectivity index (χ2n) is 9.46. The van der Waals surface area contributed by atoms with Gasteiger partial charge in [0.05, 0.1) is 23.6 Å². The van der Waals surface area contributed by atoms with Crippen LogP contribution in [0.4, 0.5) is 14.6 Å². The van der Waals surface area contributed by atoms with Gasteiger partial charge in [0, 0.05) is 30.1 Å². The third-order valence-corrected chi connectivity index (χ3v) is 9.82. The first-order valence-corrected chi connectivity index (χ1v) is 14.9. The number of ether oxygens (including phenoxy) is 1. The summed E-state index contributed by atoms with van der Waals surface area (Å²) in [5.74, 6) is -0.856. The largest absolute Gasteiger partial charge is 0.450 e. The van der Waals surface area contributed by atoms with Crippen LogP contribution in [0, 0.1) is 5.92 Å². The van der Waals surface area contributed by atoms with Crippen LogP contribution in [0.15, 0.2) is 29.2 Å². The van der Waals surface area contributed by atoms with Crippen molar-refractivity contribution in [2.75, 3.05) is 31.6 Å². The lowest BCUT2D eigenvalue weighted by molar-refractivity contribution is 0.0965. The van der Waals surface area contributed by atoms with E-state index in [0.29, 0.717) is 42.4 Å². The molecule has 39 heavy (non-hydrogen) atoms. The maximum atomic E-state index is 13.1. The van der Waals surface area contributed by atoms with Crippen molar-refractivity contribution in [1.29, 1.82) is 0 Å². The number of carbonyl (C=O) groups excluding carboxylic acids is 4. The van der Waals surface area contributed by atoms with Crippen LogP contribution in [0.25, 0.3) is 0 Å². The summed E-state index contributed by atoms with van der Waals surface area (Å²) < 4.78 is 32.5. The summed E-state index contributed by atoms with van der Waals surface area (Å²) in [6, 6.07) is 4.56. The van der Waals surface area contributed by atoms with Gasteiger partial charge in [0.15, 0.2) is 0 Å². The number of nitrogens with one attached hydrogen (secondary N) is 2. The zero-order valence-corrected chi connectivity index (χ0v) is 23.3. The smallest absolute Gasteiger partial charge is 0.410 e. The molecule has 0 aliphatic carbocycles. The second-order valence-corrected chi connectivity index (χ2v) is 12.5. The summed E-state index contributed by atoms with van der Waals surface area (Å²) in [4.78, 5) is 51.8. The Balaban J connectivity index is 1.56. The van der Waals surface area contributed by atoms with Crippen LogP contribution in [0.2, 0.25) is 0 Å². The van der Waals surface area contributed by atoms with Gasteiger partial charge in [0.1, 0.15) is 5.00 Å². The summed E-state index contributed by atoms with van der Waals surface area (Å²) in [5, 5.41) is 4.93. The molecule has 0 atom stereocenters. The van der Waals surface area contributed by atoms with Crippen molar-refractivity contribution >= 4 is 50.3 Å². The number of fused-ring (bicyclic) bond motifs is 1. The normalized spacial score (nSPS) is 16.3. The molecule has 3 heterocycles. The number of piperidine rings is 1. The summed E-state index contributed by atoms with van der Waals surface area (Å²) in [5.41, 5.74) is 6.03. The van der Waals surface area contributed by atoms with Gasteiger partial charge in [0.2, 0.25) is 10.0 Å². The Morgan fingerprint density at radius 1 is 1.08 bits per heavy atom. The molecule has 0 spiro atoms. The van der Waals surface area contributed by atoms with Gasteiger partial charge in [-0.25, -0.2) is 18.0 Å². The van der Waals surface area contributed by atoms with E-state index in [4.69, 9.17) is 10.5 Å². The average Bonchev–Trinajstić information content (AvgIpc) is 3.25. The van der Waals surface area contributed by atoms with Gasteiger partial charge in [-0.05, 0) is 61.9 Å². The number of nitrogens with zero attached hydrogens (tertiary/aromatic N) is 2. The monoisotopic (exact) mass is 577 g/mol. The van der Waals surface area contributed by atoms with Gasteiger partial charge < -0.3 is 20.7 Å². The first-order valence-electron chi connectivity index (χ1n) is 12.6. The van der Waals surface area contributed by atoms with Gasteiger partial charge in [-0.2, -0.15) is 4.31 Å². The number of rotatable bonds is 6. The lowest BCUT2D eigenvalue weighted by Gasteiger charge is -2.29. The molecule has 1 aromatic heterocycles. The number of imide groups is 1. The number of sulfonamides is 1. The van der Waals surface area contributed by atoms with Gasteiger partial charge in [0.25, 0.3) is 11.8 Å². The molecule has 0 bridgehead atoms. The molecule has 1 aromatic carbocycles. The van der Waals surface area contributed by atoms with E-state index in [2.05, 4.69) is 12.2 Å². The van der Waals surface area contributed by atoms with Crippen LogP contribution in [-0.4, -0.2) is 67.8 Å². The maximum Gasteiger partial charge on any atom is 0.410 e. The number of thiophene rings is 1. The highest BCUT2D eigenvalue weighted by atomic mass is 32.2. The Hall–Kier alpha value is -3.49. The van der Waals surface area contributed by atoms with Crippen molar-refractivity contribution in [3.8, 4) is 0 Å². The molecular weight excluding hydrogens is 546 g/mol. The van der Waals surface area contributed by atoms with E-state index in [9.17, 15) is 27.6 Å². The summed E-state index contributed by atoms with van der Waals surface area (Å²) in [7, 11) is -3.67. The number of anilines is 1. The fraction of sp³-hybridized carbons (Fsp3) is 0.440. The van der Waals surface area contributed by atoms with E-state index in [-0.39, 0.29) is 34.2 Å². The van der Waals surface area contributed by atoms with Gasteiger partial charge in [-0.15, -0.1) is 11.3 Å². The number of nitrogens with two attached hydrogens (primary N) is 1. The Morgan fingerprint density at radius 2 is 1.74 bits per heavy atom. The van der Waals surface area contributed by atoms with Gasteiger partial charge >= 0.3 is 12.1 Å². The molecule has 2 aliphatic rings. The molecule has 210 valence electrons. The topological polar surface area (TPSA) is 168 Å². The zero-order valence-electron chi connectivity index (χ0n) is 21.7. The Bertz CT molecular complexity index is 1380. The van der Waals surface area contributed by atoms with Crippen LogP contribution < -0.4 is 16.4 Å². The number of primary amides is 1. The van der Waals surface area contributed by atoms with Crippen molar-refractivity contribution in [3.05, 3.63) is 45.8 Å².